The number of nitrogens with one attached hydrogen (secondary N) is 1. The van der Waals surface area contributed by atoms with Gasteiger partial charge in [-0.25, -0.2) is 0 Å². The Kier molecular flexibility index (Phi) is 2.57. The Morgan fingerprint density at radius 3 is 3.00 bits per heavy atom. The fourth-order valence-corrected chi connectivity index (χ4v) is 1.41. The van der Waals surface area contributed by atoms with Gasteiger partial charge in [-0.05, 0) is 18.6 Å². The van der Waals surface area contributed by atoms with Gasteiger partial charge in [-0.15, -0.1) is 0 Å². The lowest BCUT2D eigenvalue weighted by Crippen LogP contribution is -2.46. The lowest BCUT2D eigenvalue weighted by Gasteiger charge is -2.30. The molecule has 1 saturated heterocycles. The molecule has 2 rings (SSSR count). The Labute approximate surface area is 78.1 Å². The van der Waals surface area contributed by atoms with Crippen molar-refractivity contribution in [2.45, 2.75) is 19.0 Å². The maximum absolute atomic E-state index is 5.09. The standard InChI is InChI=1S/C10H14N2O/c1-8(12-10-6-13-7-10)9-3-2-4-11-5-9/h2-5,8,10,12H,6-7H2,1H3/t8-/m1/s1. The van der Waals surface area contributed by atoms with Crippen molar-refractivity contribution in [1.82, 2.24) is 10.3 Å². The van der Waals surface area contributed by atoms with Gasteiger partial charge >= 0.3 is 0 Å². The highest BCUT2D eigenvalue weighted by atomic mass is 16.5. The topological polar surface area (TPSA) is 34.1 Å². The van der Waals surface area contributed by atoms with Crippen molar-refractivity contribution >= 4 is 0 Å². The summed E-state index contributed by atoms with van der Waals surface area (Å²) >= 11 is 0. The van der Waals surface area contributed by atoms with Crippen LogP contribution in [0.1, 0.15) is 18.5 Å². The summed E-state index contributed by atoms with van der Waals surface area (Å²) in [7, 11) is 0. The summed E-state index contributed by atoms with van der Waals surface area (Å²) in [4.78, 5) is 4.09. The van der Waals surface area contributed by atoms with Crippen LogP contribution in [0.2, 0.25) is 0 Å². The molecule has 3 heteroatoms. The van der Waals surface area contributed by atoms with Crippen LogP contribution in [0.25, 0.3) is 0 Å². The summed E-state index contributed by atoms with van der Waals surface area (Å²) in [5.41, 5.74) is 1.23. The van der Waals surface area contributed by atoms with Crippen molar-refractivity contribution in [1.29, 1.82) is 0 Å². The van der Waals surface area contributed by atoms with Gasteiger partial charge in [0.05, 0.1) is 19.3 Å². The van der Waals surface area contributed by atoms with Crippen molar-refractivity contribution in [3.63, 3.8) is 0 Å². The molecule has 1 aromatic heterocycles. The fourth-order valence-electron chi connectivity index (χ4n) is 1.41. The molecule has 0 unspecified atom stereocenters. The Balaban J connectivity index is 1.92. The SMILES string of the molecule is C[C@@H](NC1COC1)c1cccnc1. The Bertz CT molecular complexity index is 259. The van der Waals surface area contributed by atoms with Crippen LogP contribution in [0, 0.1) is 0 Å². The lowest BCUT2D eigenvalue weighted by atomic mass is 10.1. The second-order valence-corrected chi connectivity index (χ2v) is 3.41. The van der Waals surface area contributed by atoms with E-state index in [1.54, 1.807) is 6.20 Å². The first-order valence-corrected chi connectivity index (χ1v) is 4.60. The monoisotopic (exact) mass is 178 g/mol. The van der Waals surface area contributed by atoms with Gasteiger partial charge in [0.25, 0.3) is 0 Å². The number of aromatic nitrogens is 1. The summed E-state index contributed by atoms with van der Waals surface area (Å²) in [6.07, 6.45) is 3.69. The van der Waals surface area contributed by atoms with E-state index in [9.17, 15) is 0 Å². The first-order valence-electron chi connectivity index (χ1n) is 4.60. The summed E-state index contributed by atoms with van der Waals surface area (Å²) in [6, 6.07) is 4.94. The molecule has 1 atom stereocenters. The minimum Gasteiger partial charge on any atom is -0.378 e. The van der Waals surface area contributed by atoms with E-state index in [-0.39, 0.29) is 0 Å². The Morgan fingerprint density at radius 2 is 2.46 bits per heavy atom. The van der Waals surface area contributed by atoms with Crippen LogP contribution in [0.5, 0.6) is 0 Å². The van der Waals surface area contributed by atoms with Gasteiger partial charge in [0, 0.05) is 18.4 Å². The van der Waals surface area contributed by atoms with Crippen LogP contribution < -0.4 is 5.32 Å². The molecular formula is C10H14N2O. The van der Waals surface area contributed by atoms with Gasteiger partial charge in [0.2, 0.25) is 0 Å². The molecule has 2 heterocycles. The van der Waals surface area contributed by atoms with Gasteiger partial charge in [-0.1, -0.05) is 6.07 Å². The number of ether oxygens (including phenoxy) is 1. The Morgan fingerprint density at radius 1 is 1.62 bits per heavy atom. The predicted octanol–water partition coefficient (Wildman–Crippen LogP) is 1.13. The highest BCUT2D eigenvalue weighted by Crippen LogP contribution is 2.13. The van der Waals surface area contributed by atoms with Crippen molar-refractivity contribution in [2.24, 2.45) is 0 Å². The molecule has 1 fully saturated rings. The lowest BCUT2D eigenvalue weighted by molar-refractivity contribution is -0.00926. The zero-order valence-corrected chi connectivity index (χ0v) is 7.73. The van der Waals surface area contributed by atoms with Crippen molar-refractivity contribution in [3.8, 4) is 0 Å². The molecule has 0 spiro atoms. The molecule has 0 radical (unpaired) electrons. The van der Waals surface area contributed by atoms with Gasteiger partial charge < -0.3 is 10.1 Å². The number of pyridine rings is 1. The molecule has 1 aliphatic rings. The van der Waals surface area contributed by atoms with E-state index in [0.29, 0.717) is 12.1 Å². The fraction of sp³-hybridized carbons (Fsp3) is 0.500. The van der Waals surface area contributed by atoms with Crippen LogP contribution in [0.15, 0.2) is 24.5 Å². The van der Waals surface area contributed by atoms with Gasteiger partial charge in [0.15, 0.2) is 0 Å². The van der Waals surface area contributed by atoms with Crippen molar-refractivity contribution in [2.75, 3.05) is 13.2 Å². The number of hydrogen-bond acceptors (Lipinski definition) is 3. The van der Waals surface area contributed by atoms with Crippen LogP contribution in [-0.4, -0.2) is 24.2 Å². The molecule has 0 amide bonds. The van der Waals surface area contributed by atoms with Crippen molar-refractivity contribution in [3.05, 3.63) is 30.1 Å². The average molecular weight is 178 g/mol. The van der Waals surface area contributed by atoms with E-state index in [0.717, 1.165) is 13.2 Å². The first-order chi connectivity index (χ1) is 6.36. The maximum Gasteiger partial charge on any atom is 0.0643 e. The smallest absolute Gasteiger partial charge is 0.0643 e. The number of rotatable bonds is 3. The predicted molar refractivity (Wildman–Crippen MR) is 50.4 cm³/mol. The third-order valence-electron chi connectivity index (χ3n) is 2.31. The third-order valence-corrected chi connectivity index (χ3v) is 2.31. The minimum absolute atomic E-state index is 0.364. The molecule has 0 saturated carbocycles. The molecule has 13 heavy (non-hydrogen) atoms. The average Bonchev–Trinajstić information content (AvgIpc) is 2.12. The molecule has 0 aromatic carbocycles. The van der Waals surface area contributed by atoms with Crippen LogP contribution >= 0.6 is 0 Å². The van der Waals surface area contributed by atoms with E-state index >= 15 is 0 Å². The molecule has 1 N–H and O–H groups in total. The molecule has 1 aliphatic heterocycles. The van der Waals surface area contributed by atoms with E-state index in [1.807, 2.05) is 12.3 Å². The summed E-state index contributed by atoms with van der Waals surface area (Å²) in [6.45, 7) is 3.82. The molecule has 1 aromatic rings. The largest absolute Gasteiger partial charge is 0.378 e. The zero-order chi connectivity index (χ0) is 9.10. The normalized spacial score (nSPS) is 19.5. The van der Waals surface area contributed by atoms with Gasteiger partial charge in [-0.2, -0.15) is 0 Å². The minimum atomic E-state index is 0.364. The third kappa shape index (κ3) is 2.05. The second kappa shape index (κ2) is 3.85. The van der Waals surface area contributed by atoms with Gasteiger partial charge in [0.1, 0.15) is 0 Å². The van der Waals surface area contributed by atoms with E-state index in [2.05, 4.69) is 23.3 Å². The van der Waals surface area contributed by atoms with E-state index in [1.165, 1.54) is 5.56 Å². The highest BCUT2D eigenvalue weighted by Gasteiger charge is 2.20. The number of nitrogens with zero attached hydrogens (tertiary/aromatic N) is 1. The summed E-state index contributed by atoms with van der Waals surface area (Å²) < 4.78 is 5.09. The molecule has 3 nitrogen and oxygen atoms in total. The van der Waals surface area contributed by atoms with Gasteiger partial charge in [-0.3, -0.25) is 4.98 Å². The summed E-state index contributed by atoms with van der Waals surface area (Å²) in [5, 5.41) is 3.47. The molecular weight excluding hydrogens is 164 g/mol. The maximum atomic E-state index is 5.09. The number of hydrogen-bond donors (Lipinski definition) is 1. The van der Waals surface area contributed by atoms with Crippen LogP contribution in [0.4, 0.5) is 0 Å². The van der Waals surface area contributed by atoms with Crippen LogP contribution in [-0.2, 0) is 4.74 Å². The highest BCUT2D eigenvalue weighted by molar-refractivity contribution is 5.13. The summed E-state index contributed by atoms with van der Waals surface area (Å²) in [5.74, 6) is 0. The molecule has 0 bridgehead atoms. The molecule has 70 valence electrons. The Hall–Kier alpha value is -0.930. The molecule has 0 aliphatic carbocycles. The van der Waals surface area contributed by atoms with Crippen LogP contribution in [0.3, 0.4) is 0 Å². The van der Waals surface area contributed by atoms with E-state index in [4.69, 9.17) is 4.74 Å². The second-order valence-electron chi connectivity index (χ2n) is 3.41. The first kappa shape index (κ1) is 8.66. The van der Waals surface area contributed by atoms with E-state index < -0.39 is 0 Å². The zero-order valence-electron chi connectivity index (χ0n) is 7.73. The van der Waals surface area contributed by atoms with Crippen molar-refractivity contribution < 1.29 is 4.74 Å². The quantitative estimate of drug-likeness (QED) is 0.753.